The fraction of sp³-hybridized carbons (Fsp3) is 0.778. The summed E-state index contributed by atoms with van der Waals surface area (Å²) in [6.45, 7) is 2.92. The molecule has 0 bridgehead atoms. The quantitative estimate of drug-likeness (QED) is 0.646. The van der Waals surface area contributed by atoms with Crippen LogP contribution in [0.25, 0.3) is 0 Å². The predicted octanol–water partition coefficient (Wildman–Crippen LogP) is 2.17. The highest BCUT2D eigenvalue weighted by atomic mass is 19.4. The Bertz CT molecular complexity index is 225. The van der Waals surface area contributed by atoms with Gasteiger partial charge < -0.3 is 9.64 Å². The van der Waals surface area contributed by atoms with Crippen molar-refractivity contribution in [1.29, 1.82) is 0 Å². The normalized spacial score (nSPS) is 25.5. The number of likely N-dealkylation sites (N-methyl/N-ethyl adjacent to an activating group) is 1. The smallest absolute Gasteiger partial charge is 0.412 e. The highest BCUT2D eigenvalue weighted by Crippen LogP contribution is 2.21. The van der Waals surface area contributed by atoms with Gasteiger partial charge in [-0.15, -0.1) is 0 Å². The molecule has 1 aliphatic rings. The molecule has 82 valence electrons. The molecule has 0 spiro atoms. The first-order chi connectivity index (χ1) is 6.37. The number of rotatable bonds is 2. The number of alkyl halides is 3. The van der Waals surface area contributed by atoms with Crippen molar-refractivity contribution in [3.05, 3.63) is 11.8 Å². The molecule has 5 heteroatoms. The molecule has 0 saturated carbocycles. The van der Waals surface area contributed by atoms with Crippen molar-refractivity contribution in [2.45, 2.75) is 25.6 Å². The van der Waals surface area contributed by atoms with Gasteiger partial charge in [-0.1, -0.05) is 0 Å². The van der Waals surface area contributed by atoms with E-state index >= 15 is 0 Å². The lowest BCUT2D eigenvalue weighted by Gasteiger charge is -2.14. The topological polar surface area (TPSA) is 12.5 Å². The number of likely N-dealkylation sites (tertiary alicyclic amines) is 1. The summed E-state index contributed by atoms with van der Waals surface area (Å²) in [6.07, 6.45) is -3.39. The number of halogens is 3. The van der Waals surface area contributed by atoms with E-state index in [0.717, 1.165) is 13.0 Å². The average molecular weight is 209 g/mol. The van der Waals surface area contributed by atoms with Gasteiger partial charge in [0.2, 0.25) is 0 Å². The van der Waals surface area contributed by atoms with Gasteiger partial charge in [-0.3, -0.25) is 0 Å². The Labute approximate surface area is 81.3 Å². The van der Waals surface area contributed by atoms with Crippen molar-refractivity contribution in [2.24, 2.45) is 0 Å². The fourth-order valence-corrected chi connectivity index (χ4v) is 1.52. The molecule has 1 atom stereocenters. The van der Waals surface area contributed by atoms with Gasteiger partial charge in [-0.05, 0) is 20.4 Å². The Kier molecular flexibility index (Phi) is 3.42. The molecular weight excluding hydrogens is 195 g/mol. The first-order valence-electron chi connectivity index (χ1n) is 4.48. The predicted molar refractivity (Wildman–Crippen MR) is 46.8 cm³/mol. The second-order valence-corrected chi connectivity index (χ2v) is 3.59. The average Bonchev–Trinajstić information content (AvgIpc) is 2.30. The van der Waals surface area contributed by atoms with E-state index in [0.29, 0.717) is 6.54 Å². The zero-order valence-electron chi connectivity index (χ0n) is 8.27. The van der Waals surface area contributed by atoms with Crippen LogP contribution in [0.1, 0.15) is 13.3 Å². The van der Waals surface area contributed by atoms with Crippen molar-refractivity contribution >= 4 is 0 Å². The zero-order valence-corrected chi connectivity index (χ0v) is 8.27. The van der Waals surface area contributed by atoms with Crippen LogP contribution in [-0.4, -0.2) is 37.3 Å². The van der Waals surface area contributed by atoms with Crippen LogP contribution in [0.5, 0.6) is 0 Å². The van der Waals surface area contributed by atoms with Crippen LogP contribution in [-0.2, 0) is 4.74 Å². The molecule has 1 heterocycles. The standard InChI is InChI=1S/C9H14F3NO/c1-7(5-9(10,11)12)14-8-3-4-13(2)6-8/h5,8H,3-4,6H2,1-2H3/b7-5-/t8-/m1/s1. The lowest BCUT2D eigenvalue weighted by Crippen LogP contribution is -2.19. The van der Waals surface area contributed by atoms with E-state index in [4.69, 9.17) is 4.74 Å². The summed E-state index contributed by atoms with van der Waals surface area (Å²) in [4.78, 5) is 2.03. The van der Waals surface area contributed by atoms with Crippen molar-refractivity contribution in [3.8, 4) is 0 Å². The number of hydrogen-bond acceptors (Lipinski definition) is 2. The van der Waals surface area contributed by atoms with Crippen molar-refractivity contribution in [1.82, 2.24) is 4.90 Å². The fourth-order valence-electron chi connectivity index (χ4n) is 1.52. The SMILES string of the molecule is C/C(=C/C(F)(F)F)O[C@@H]1CCN(C)C1. The van der Waals surface area contributed by atoms with E-state index in [1.807, 2.05) is 11.9 Å². The monoisotopic (exact) mass is 209 g/mol. The first-order valence-corrected chi connectivity index (χ1v) is 4.48. The van der Waals surface area contributed by atoms with Gasteiger partial charge in [0.25, 0.3) is 0 Å². The van der Waals surface area contributed by atoms with Crippen molar-refractivity contribution < 1.29 is 17.9 Å². The maximum absolute atomic E-state index is 11.9. The molecule has 0 aromatic rings. The Morgan fingerprint density at radius 1 is 1.50 bits per heavy atom. The maximum atomic E-state index is 11.9. The van der Waals surface area contributed by atoms with Crippen LogP contribution in [0, 0.1) is 0 Å². The molecular formula is C9H14F3NO. The molecule has 0 unspecified atom stereocenters. The number of allylic oxidation sites excluding steroid dienone is 2. The van der Waals surface area contributed by atoms with Crippen LogP contribution in [0.4, 0.5) is 13.2 Å². The summed E-state index contributed by atoms with van der Waals surface area (Å²) >= 11 is 0. The van der Waals surface area contributed by atoms with Crippen LogP contribution >= 0.6 is 0 Å². The Hall–Kier alpha value is -0.710. The molecule has 1 saturated heterocycles. The molecule has 0 radical (unpaired) electrons. The highest BCUT2D eigenvalue weighted by molar-refractivity contribution is 4.95. The van der Waals surface area contributed by atoms with E-state index in [2.05, 4.69) is 0 Å². The van der Waals surface area contributed by atoms with E-state index in [1.165, 1.54) is 6.92 Å². The van der Waals surface area contributed by atoms with Crippen LogP contribution in [0.3, 0.4) is 0 Å². The summed E-state index contributed by atoms with van der Waals surface area (Å²) in [6, 6.07) is 0. The summed E-state index contributed by atoms with van der Waals surface area (Å²) in [5.74, 6) is -0.0576. The number of nitrogens with zero attached hydrogens (tertiary/aromatic N) is 1. The van der Waals surface area contributed by atoms with Crippen LogP contribution in [0.2, 0.25) is 0 Å². The van der Waals surface area contributed by atoms with E-state index in [1.54, 1.807) is 0 Å². The van der Waals surface area contributed by atoms with Gasteiger partial charge in [0.15, 0.2) is 0 Å². The minimum atomic E-state index is -4.28. The Balaban J connectivity index is 2.41. The van der Waals surface area contributed by atoms with Gasteiger partial charge >= 0.3 is 6.18 Å². The zero-order chi connectivity index (χ0) is 10.8. The van der Waals surface area contributed by atoms with E-state index in [9.17, 15) is 13.2 Å². The van der Waals surface area contributed by atoms with Gasteiger partial charge in [-0.25, -0.2) is 0 Å². The van der Waals surface area contributed by atoms with Crippen molar-refractivity contribution in [3.63, 3.8) is 0 Å². The van der Waals surface area contributed by atoms with Crippen molar-refractivity contribution in [2.75, 3.05) is 20.1 Å². The van der Waals surface area contributed by atoms with E-state index in [-0.39, 0.29) is 17.9 Å². The first kappa shape index (κ1) is 11.4. The molecule has 0 aromatic carbocycles. The second-order valence-electron chi connectivity index (χ2n) is 3.59. The molecule has 14 heavy (non-hydrogen) atoms. The number of hydrogen-bond donors (Lipinski definition) is 0. The molecule has 1 fully saturated rings. The van der Waals surface area contributed by atoms with Gasteiger partial charge in [0.05, 0.1) is 11.8 Å². The van der Waals surface area contributed by atoms with Crippen LogP contribution < -0.4 is 0 Å². The van der Waals surface area contributed by atoms with E-state index < -0.39 is 6.18 Å². The minimum Gasteiger partial charge on any atom is -0.494 e. The summed E-state index contributed by atoms with van der Waals surface area (Å²) in [5, 5.41) is 0. The molecule has 1 aliphatic heterocycles. The maximum Gasteiger partial charge on any atom is 0.412 e. The Morgan fingerprint density at radius 3 is 2.57 bits per heavy atom. The molecule has 1 rings (SSSR count). The summed E-state index contributed by atoms with van der Waals surface area (Å²) in [5.41, 5.74) is 0. The largest absolute Gasteiger partial charge is 0.494 e. The second kappa shape index (κ2) is 4.21. The third-order valence-corrected chi connectivity index (χ3v) is 2.07. The molecule has 0 amide bonds. The van der Waals surface area contributed by atoms with Gasteiger partial charge in [0.1, 0.15) is 6.10 Å². The third-order valence-electron chi connectivity index (χ3n) is 2.07. The van der Waals surface area contributed by atoms with Crippen LogP contribution in [0.15, 0.2) is 11.8 Å². The lowest BCUT2D eigenvalue weighted by molar-refractivity contribution is -0.0835. The third kappa shape index (κ3) is 4.00. The molecule has 0 N–H and O–H groups in total. The lowest BCUT2D eigenvalue weighted by atomic mass is 10.3. The summed E-state index contributed by atoms with van der Waals surface area (Å²) < 4.78 is 40.8. The highest BCUT2D eigenvalue weighted by Gasteiger charge is 2.26. The molecule has 2 nitrogen and oxygen atoms in total. The summed E-state index contributed by atoms with van der Waals surface area (Å²) in [7, 11) is 1.92. The van der Waals surface area contributed by atoms with Gasteiger partial charge in [-0.2, -0.15) is 13.2 Å². The Morgan fingerprint density at radius 2 is 2.14 bits per heavy atom. The van der Waals surface area contributed by atoms with Gasteiger partial charge in [0, 0.05) is 13.1 Å². The molecule has 0 aromatic heterocycles. The number of ether oxygens (including phenoxy) is 1. The molecule has 0 aliphatic carbocycles. The minimum absolute atomic E-state index is 0.0576.